The van der Waals surface area contributed by atoms with E-state index in [0.29, 0.717) is 11.5 Å². The van der Waals surface area contributed by atoms with Gasteiger partial charge in [-0.1, -0.05) is 60.7 Å². The topological polar surface area (TPSA) is 72.5 Å². The highest BCUT2D eigenvalue weighted by molar-refractivity contribution is 7.90. The smallest absolute Gasteiger partial charge is 0.265 e. The van der Waals surface area contributed by atoms with Crippen molar-refractivity contribution in [3.63, 3.8) is 0 Å². The predicted octanol–water partition coefficient (Wildman–Crippen LogP) is 5.26. The van der Waals surface area contributed by atoms with E-state index in [1.54, 1.807) is 24.3 Å². The molecule has 6 heteroatoms. The Bertz CT molecular complexity index is 1270. The normalized spacial score (nSPS) is 11.0. The second-order valence-corrected chi connectivity index (χ2v) is 8.45. The zero-order valence-corrected chi connectivity index (χ0v) is 17.3. The molecule has 1 N–H and O–H groups in total. The Hall–Kier alpha value is -3.90. The third-order valence-electron chi connectivity index (χ3n) is 4.59. The van der Waals surface area contributed by atoms with Crippen LogP contribution in [0.2, 0.25) is 0 Å². The van der Waals surface area contributed by atoms with Crippen molar-refractivity contribution < 1.29 is 17.9 Å². The minimum absolute atomic E-state index is 0.0181. The van der Waals surface area contributed by atoms with Crippen LogP contribution in [0.4, 0.5) is 0 Å². The quantitative estimate of drug-likeness (QED) is 0.454. The van der Waals surface area contributed by atoms with Crippen LogP contribution in [0.1, 0.15) is 10.4 Å². The molecule has 4 aromatic carbocycles. The van der Waals surface area contributed by atoms with E-state index >= 15 is 0 Å². The first-order valence-electron chi connectivity index (χ1n) is 9.57. The first-order chi connectivity index (χ1) is 15.0. The van der Waals surface area contributed by atoms with Gasteiger partial charge in [0.2, 0.25) is 0 Å². The van der Waals surface area contributed by atoms with Gasteiger partial charge in [-0.15, -0.1) is 0 Å². The summed E-state index contributed by atoms with van der Waals surface area (Å²) in [6.45, 7) is 0. The van der Waals surface area contributed by atoms with Crippen molar-refractivity contribution in [3.8, 4) is 22.6 Å². The lowest BCUT2D eigenvalue weighted by atomic mass is 10.1. The molecule has 0 saturated carbocycles. The van der Waals surface area contributed by atoms with Gasteiger partial charge < -0.3 is 4.74 Å². The Labute approximate surface area is 181 Å². The van der Waals surface area contributed by atoms with Gasteiger partial charge in [-0.05, 0) is 59.7 Å². The highest BCUT2D eigenvalue weighted by Crippen LogP contribution is 2.23. The minimum atomic E-state index is -4.00. The van der Waals surface area contributed by atoms with Gasteiger partial charge in [0, 0.05) is 5.56 Å². The highest BCUT2D eigenvalue weighted by Gasteiger charge is 2.19. The summed E-state index contributed by atoms with van der Waals surface area (Å²) < 4.78 is 33.0. The molecule has 0 saturated heterocycles. The van der Waals surface area contributed by atoms with Gasteiger partial charge in [0.1, 0.15) is 11.5 Å². The Morgan fingerprint density at radius 1 is 0.613 bits per heavy atom. The summed E-state index contributed by atoms with van der Waals surface area (Å²) in [4.78, 5) is 12.5. The fraction of sp³-hybridized carbons (Fsp3) is 0. The monoisotopic (exact) mass is 429 g/mol. The molecule has 5 nitrogen and oxygen atoms in total. The van der Waals surface area contributed by atoms with Crippen molar-refractivity contribution in [2.24, 2.45) is 0 Å². The van der Waals surface area contributed by atoms with Gasteiger partial charge in [-0.2, -0.15) is 0 Å². The van der Waals surface area contributed by atoms with Crippen LogP contribution < -0.4 is 9.46 Å². The Morgan fingerprint density at radius 3 is 1.74 bits per heavy atom. The number of benzene rings is 4. The molecule has 4 aromatic rings. The summed E-state index contributed by atoms with van der Waals surface area (Å²) in [7, 11) is -4.00. The van der Waals surface area contributed by atoms with Crippen molar-refractivity contribution in [3.05, 3.63) is 115 Å². The number of carbonyl (C=O) groups excluding carboxylic acids is 1. The fourth-order valence-corrected chi connectivity index (χ4v) is 3.97. The maximum Gasteiger partial charge on any atom is 0.265 e. The van der Waals surface area contributed by atoms with Gasteiger partial charge in [-0.25, -0.2) is 13.1 Å². The van der Waals surface area contributed by atoms with Crippen molar-refractivity contribution in [2.45, 2.75) is 4.90 Å². The minimum Gasteiger partial charge on any atom is -0.457 e. The van der Waals surface area contributed by atoms with E-state index in [4.69, 9.17) is 4.74 Å². The number of rotatable bonds is 6. The van der Waals surface area contributed by atoms with Crippen LogP contribution in [0.25, 0.3) is 11.1 Å². The molecule has 0 aromatic heterocycles. The predicted molar refractivity (Wildman–Crippen MR) is 119 cm³/mol. The van der Waals surface area contributed by atoms with Crippen LogP contribution in [0, 0.1) is 0 Å². The summed E-state index contributed by atoms with van der Waals surface area (Å²) >= 11 is 0. The summed E-state index contributed by atoms with van der Waals surface area (Å²) in [5, 5.41) is 0. The second kappa shape index (κ2) is 8.85. The van der Waals surface area contributed by atoms with Gasteiger partial charge in [-0.3, -0.25) is 4.79 Å². The molecular formula is C25H19NO4S. The van der Waals surface area contributed by atoms with E-state index in [9.17, 15) is 13.2 Å². The van der Waals surface area contributed by atoms with E-state index in [2.05, 4.69) is 4.72 Å². The number of para-hydroxylation sites is 1. The molecule has 0 unspecified atom stereocenters. The lowest BCUT2D eigenvalue weighted by Crippen LogP contribution is -2.30. The third-order valence-corrected chi connectivity index (χ3v) is 5.94. The molecule has 0 heterocycles. The van der Waals surface area contributed by atoms with E-state index < -0.39 is 15.9 Å². The maximum absolute atomic E-state index is 12.6. The largest absolute Gasteiger partial charge is 0.457 e. The van der Waals surface area contributed by atoms with Crippen molar-refractivity contribution in [1.82, 2.24) is 4.72 Å². The lowest BCUT2D eigenvalue weighted by molar-refractivity contribution is 0.0981. The first-order valence-corrected chi connectivity index (χ1v) is 11.1. The first kappa shape index (κ1) is 20.4. The van der Waals surface area contributed by atoms with Gasteiger partial charge in [0.05, 0.1) is 4.90 Å². The number of carbonyl (C=O) groups is 1. The lowest BCUT2D eigenvalue weighted by Gasteiger charge is -2.09. The van der Waals surface area contributed by atoms with E-state index in [-0.39, 0.29) is 10.5 Å². The van der Waals surface area contributed by atoms with Gasteiger partial charge >= 0.3 is 0 Å². The molecule has 0 atom stereocenters. The summed E-state index contributed by atoms with van der Waals surface area (Å²) in [6, 6.07) is 31.5. The van der Waals surface area contributed by atoms with E-state index in [0.717, 1.165) is 11.1 Å². The van der Waals surface area contributed by atoms with E-state index in [1.165, 1.54) is 24.3 Å². The number of amides is 1. The third kappa shape index (κ3) is 4.99. The number of hydrogen-bond donors (Lipinski definition) is 1. The molecule has 0 aliphatic rings. The van der Waals surface area contributed by atoms with Crippen molar-refractivity contribution >= 4 is 15.9 Å². The van der Waals surface area contributed by atoms with Crippen molar-refractivity contribution in [2.75, 3.05) is 0 Å². The average molecular weight is 429 g/mol. The molecule has 0 spiro atoms. The SMILES string of the molecule is O=C(NS(=O)(=O)c1ccc(-c2ccccc2)cc1)c1ccc(Oc2ccccc2)cc1. The number of nitrogens with one attached hydrogen (secondary N) is 1. The van der Waals surface area contributed by atoms with Crippen LogP contribution in [0.5, 0.6) is 11.5 Å². The summed E-state index contributed by atoms with van der Waals surface area (Å²) in [5.41, 5.74) is 2.08. The van der Waals surface area contributed by atoms with Gasteiger partial charge in [0.15, 0.2) is 0 Å². The molecule has 1 amide bonds. The van der Waals surface area contributed by atoms with Crippen LogP contribution in [0.3, 0.4) is 0 Å². The molecule has 0 aliphatic heterocycles. The Kier molecular flexibility index (Phi) is 5.82. The van der Waals surface area contributed by atoms with Crippen LogP contribution in [-0.4, -0.2) is 14.3 Å². The second-order valence-electron chi connectivity index (χ2n) is 6.76. The maximum atomic E-state index is 12.6. The van der Waals surface area contributed by atoms with Crippen LogP contribution >= 0.6 is 0 Å². The van der Waals surface area contributed by atoms with Crippen LogP contribution in [-0.2, 0) is 10.0 Å². The summed E-state index contributed by atoms with van der Waals surface area (Å²) in [6.07, 6.45) is 0. The molecule has 4 rings (SSSR count). The van der Waals surface area contributed by atoms with Crippen LogP contribution in [0.15, 0.2) is 114 Å². The molecular weight excluding hydrogens is 410 g/mol. The van der Waals surface area contributed by atoms with Crippen molar-refractivity contribution in [1.29, 1.82) is 0 Å². The van der Waals surface area contributed by atoms with E-state index in [1.807, 2.05) is 60.7 Å². The molecule has 0 fully saturated rings. The Balaban J connectivity index is 1.44. The summed E-state index contributed by atoms with van der Waals surface area (Å²) in [5.74, 6) is 0.502. The molecule has 31 heavy (non-hydrogen) atoms. The molecule has 0 bridgehead atoms. The number of ether oxygens (including phenoxy) is 1. The number of sulfonamides is 1. The average Bonchev–Trinajstić information content (AvgIpc) is 2.81. The van der Waals surface area contributed by atoms with Gasteiger partial charge in [0.25, 0.3) is 15.9 Å². The molecule has 154 valence electrons. The standard InChI is InChI=1S/C25H19NO4S/c27-25(21-11-15-23(16-12-21)30-22-9-5-2-6-10-22)26-31(28,29)24-17-13-20(14-18-24)19-7-3-1-4-8-19/h1-18H,(H,26,27). The Morgan fingerprint density at radius 2 is 1.13 bits per heavy atom. The molecule has 0 aliphatic carbocycles. The zero-order valence-electron chi connectivity index (χ0n) is 16.4. The fourth-order valence-electron chi connectivity index (χ4n) is 3.00. The molecule has 0 radical (unpaired) electrons. The zero-order chi connectivity index (χ0) is 21.7. The number of hydrogen-bond acceptors (Lipinski definition) is 4. The highest BCUT2D eigenvalue weighted by atomic mass is 32.2.